The Kier molecular flexibility index (Phi) is 6.09. The quantitative estimate of drug-likeness (QED) is 0.441. The summed E-state index contributed by atoms with van der Waals surface area (Å²) in [5, 5.41) is 1.91. The van der Waals surface area contributed by atoms with Gasteiger partial charge in [-0.3, -0.25) is 4.99 Å². The van der Waals surface area contributed by atoms with Crippen LogP contribution in [-0.4, -0.2) is 12.1 Å². The Morgan fingerprint density at radius 2 is 1.84 bits per heavy atom. The Balaban J connectivity index is 1.56. The smallest absolute Gasteiger partial charge is 0.410 e. The first-order valence-corrected chi connectivity index (χ1v) is 10.6. The Labute approximate surface area is 180 Å². The van der Waals surface area contributed by atoms with E-state index in [1.807, 2.05) is 23.6 Å². The Morgan fingerprint density at radius 1 is 1.06 bits per heavy atom. The van der Waals surface area contributed by atoms with Crippen molar-refractivity contribution in [1.29, 1.82) is 0 Å². The maximum absolute atomic E-state index is 14.1. The number of thiophene rings is 1. The summed E-state index contributed by atoms with van der Waals surface area (Å²) in [4.78, 5) is 5.49. The predicted molar refractivity (Wildman–Crippen MR) is 111 cm³/mol. The first-order chi connectivity index (χ1) is 14.8. The fraction of sp³-hybridized carbons (Fsp3) is 0.261. The molecular weight excluding hydrogens is 433 g/mol. The SMILES string of the molecule is Fc1cccc(F)c1C1=NC(c2cc(C3=C/C=C(/OC(F)(F)F)CC/C=C\3)cs2)CC1. The van der Waals surface area contributed by atoms with Crippen LogP contribution in [0.1, 0.15) is 47.7 Å². The van der Waals surface area contributed by atoms with E-state index < -0.39 is 18.0 Å². The highest BCUT2D eigenvalue weighted by molar-refractivity contribution is 7.10. The number of hydrogen-bond donors (Lipinski definition) is 0. The second-order valence-corrected chi connectivity index (χ2v) is 8.15. The van der Waals surface area contributed by atoms with Crippen LogP contribution in [0.25, 0.3) is 5.57 Å². The minimum atomic E-state index is -4.71. The lowest BCUT2D eigenvalue weighted by Crippen LogP contribution is -2.13. The van der Waals surface area contributed by atoms with Crippen LogP contribution in [0.4, 0.5) is 22.0 Å². The van der Waals surface area contributed by atoms with Crippen LogP contribution in [-0.2, 0) is 4.74 Å². The van der Waals surface area contributed by atoms with E-state index in [9.17, 15) is 22.0 Å². The fourth-order valence-corrected chi connectivity index (χ4v) is 4.61. The molecule has 0 bridgehead atoms. The van der Waals surface area contributed by atoms with Gasteiger partial charge in [0.25, 0.3) is 0 Å². The van der Waals surface area contributed by atoms with E-state index in [1.165, 1.54) is 35.6 Å². The lowest BCUT2D eigenvalue weighted by molar-refractivity contribution is -0.306. The summed E-state index contributed by atoms with van der Waals surface area (Å²) in [5.74, 6) is -1.39. The number of allylic oxidation sites excluding steroid dienone is 6. The molecule has 0 spiro atoms. The molecule has 1 aromatic carbocycles. The van der Waals surface area contributed by atoms with Gasteiger partial charge in [-0.15, -0.1) is 24.5 Å². The van der Waals surface area contributed by atoms with Crippen LogP contribution in [0.3, 0.4) is 0 Å². The molecule has 1 aliphatic heterocycles. The second-order valence-electron chi connectivity index (χ2n) is 7.21. The summed E-state index contributed by atoms with van der Waals surface area (Å²) < 4.78 is 69.7. The van der Waals surface area contributed by atoms with Gasteiger partial charge in [0.2, 0.25) is 0 Å². The molecule has 8 heteroatoms. The zero-order valence-electron chi connectivity index (χ0n) is 16.3. The summed E-state index contributed by atoms with van der Waals surface area (Å²) in [5.41, 5.74) is 1.95. The predicted octanol–water partition coefficient (Wildman–Crippen LogP) is 7.50. The van der Waals surface area contributed by atoms with E-state index in [0.717, 1.165) is 16.0 Å². The number of alkyl halides is 3. The number of aliphatic imine (C=N–C) groups is 1. The Hall–Kier alpha value is -2.74. The molecule has 4 rings (SSSR count). The largest absolute Gasteiger partial charge is 0.572 e. The molecule has 2 aliphatic rings. The van der Waals surface area contributed by atoms with Crippen molar-refractivity contribution in [1.82, 2.24) is 0 Å². The third-order valence-electron chi connectivity index (χ3n) is 5.05. The van der Waals surface area contributed by atoms with Gasteiger partial charge in [0.05, 0.1) is 11.6 Å². The minimum absolute atomic E-state index is 0.0743. The maximum Gasteiger partial charge on any atom is 0.572 e. The van der Waals surface area contributed by atoms with E-state index in [4.69, 9.17) is 0 Å². The van der Waals surface area contributed by atoms with Crippen LogP contribution >= 0.6 is 11.3 Å². The summed E-state index contributed by atoms with van der Waals surface area (Å²) in [7, 11) is 0. The normalized spacial score (nSPS) is 23.8. The third-order valence-corrected chi connectivity index (χ3v) is 6.08. The first-order valence-electron chi connectivity index (χ1n) is 9.73. The maximum atomic E-state index is 14.1. The van der Waals surface area contributed by atoms with Gasteiger partial charge in [-0.25, -0.2) is 8.78 Å². The fourth-order valence-electron chi connectivity index (χ4n) is 3.62. The molecule has 0 saturated carbocycles. The van der Waals surface area contributed by atoms with E-state index in [-0.39, 0.29) is 23.8 Å². The van der Waals surface area contributed by atoms with Crippen molar-refractivity contribution < 1.29 is 26.7 Å². The second kappa shape index (κ2) is 8.78. The van der Waals surface area contributed by atoms with Gasteiger partial charge in [-0.1, -0.05) is 24.3 Å². The Morgan fingerprint density at radius 3 is 2.58 bits per heavy atom. The summed E-state index contributed by atoms with van der Waals surface area (Å²) >= 11 is 1.47. The molecule has 162 valence electrons. The minimum Gasteiger partial charge on any atom is -0.410 e. The molecule has 2 aromatic rings. The van der Waals surface area contributed by atoms with E-state index >= 15 is 0 Å². The van der Waals surface area contributed by atoms with Gasteiger partial charge in [-0.05, 0) is 60.1 Å². The molecule has 0 fully saturated rings. The molecule has 1 atom stereocenters. The lowest BCUT2D eigenvalue weighted by Gasteiger charge is -2.12. The molecule has 1 aromatic heterocycles. The number of benzene rings is 1. The van der Waals surface area contributed by atoms with Crippen molar-refractivity contribution in [2.45, 2.75) is 38.1 Å². The molecule has 2 nitrogen and oxygen atoms in total. The molecule has 2 heterocycles. The van der Waals surface area contributed by atoms with E-state index in [0.29, 0.717) is 25.0 Å². The Bertz CT molecular complexity index is 1070. The highest BCUT2D eigenvalue weighted by atomic mass is 32.1. The average Bonchev–Trinajstić information content (AvgIpc) is 3.33. The molecular formula is C23H18F5NOS. The molecule has 0 radical (unpaired) electrons. The van der Waals surface area contributed by atoms with Crippen LogP contribution in [0.5, 0.6) is 0 Å². The van der Waals surface area contributed by atoms with Crippen molar-refractivity contribution in [3.63, 3.8) is 0 Å². The number of halogens is 5. The monoisotopic (exact) mass is 451 g/mol. The summed E-state index contributed by atoms with van der Waals surface area (Å²) in [6.45, 7) is 0. The molecule has 0 saturated heterocycles. The summed E-state index contributed by atoms with van der Waals surface area (Å²) in [6, 6.07) is 5.48. The lowest BCUT2D eigenvalue weighted by atomic mass is 10.0. The molecule has 1 aliphatic carbocycles. The number of hydrogen-bond acceptors (Lipinski definition) is 3. The van der Waals surface area contributed by atoms with Crippen LogP contribution in [0, 0.1) is 11.6 Å². The van der Waals surface area contributed by atoms with Gasteiger partial charge < -0.3 is 4.74 Å². The molecule has 1 unspecified atom stereocenters. The zero-order valence-corrected chi connectivity index (χ0v) is 17.1. The van der Waals surface area contributed by atoms with Crippen molar-refractivity contribution in [3.8, 4) is 0 Å². The van der Waals surface area contributed by atoms with Crippen LogP contribution in [0.15, 0.2) is 64.7 Å². The van der Waals surface area contributed by atoms with E-state index in [2.05, 4.69) is 9.73 Å². The number of ether oxygens (including phenoxy) is 1. The van der Waals surface area contributed by atoms with Crippen molar-refractivity contribution >= 4 is 22.6 Å². The van der Waals surface area contributed by atoms with Crippen LogP contribution in [0.2, 0.25) is 0 Å². The number of rotatable bonds is 4. The highest BCUT2D eigenvalue weighted by Gasteiger charge is 2.32. The van der Waals surface area contributed by atoms with Gasteiger partial charge in [0.1, 0.15) is 17.4 Å². The van der Waals surface area contributed by atoms with Crippen molar-refractivity contribution in [2.75, 3.05) is 0 Å². The van der Waals surface area contributed by atoms with Crippen molar-refractivity contribution in [2.24, 2.45) is 4.99 Å². The summed E-state index contributed by atoms with van der Waals surface area (Å²) in [6.07, 6.45) is 3.61. The van der Waals surface area contributed by atoms with Gasteiger partial charge in [0, 0.05) is 17.0 Å². The van der Waals surface area contributed by atoms with E-state index in [1.54, 1.807) is 6.08 Å². The van der Waals surface area contributed by atoms with Crippen LogP contribution < -0.4 is 0 Å². The first kappa shape index (κ1) is 21.5. The van der Waals surface area contributed by atoms with Gasteiger partial charge >= 0.3 is 6.36 Å². The standard InChI is InChI=1S/C23H18F5NOS/c24-17-6-3-7-18(25)22(17)20-11-10-19(29-20)21-12-15(13-31-21)14-4-1-2-5-16(9-8-14)30-23(26,27)28/h1,3-4,6-9,12-13,19H,2,5,10-11H2/b4-1-,14-8+,16-9+. The molecule has 0 N–H and O–H groups in total. The topological polar surface area (TPSA) is 21.6 Å². The number of nitrogens with zero attached hydrogens (tertiary/aromatic N) is 1. The average molecular weight is 451 g/mol. The zero-order chi connectivity index (χ0) is 22.0. The van der Waals surface area contributed by atoms with Crippen molar-refractivity contribution in [3.05, 3.63) is 87.3 Å². The van der Waals surface area contributed by atoms with Gasteiger partial charge in [-0.2, -0.15) is 0 Å². The molecule has 0 amide bonds. The van der Waals surface area contributed by atoms with Gasteiger partial charge in [0.15, 0.2) is 0 Å². The highest BCUT2D eigenvalue weighted by Crippen LogP contribution is 2.37. The molecule has 31 heavy (non-hydrogen) atoms. The third kappa shape index (κ3) is 5.12.